The van der Waals surface area contributed by atoms with Gasteiger partial charge < -0.3 is 16.0 Å². The Morgan fingerprint density at radius 2 is 1.86 bits per heavy atom. The number of likely N-dealkylation sites (tertiary alicyclic amines) is 1. The summed E-state index contributed by atoms with van der Waals surface area (Å²) in [5, 5.41) is 11.8. The summed E-state index contributed by atoms with van der Waals surface area (Å²) in [5.41, 5.74) is 10.8. The molecule has 1 aromatic carbocycles. The number of aryl methyl sites for hydroxylation is 2. The predicted molar refractivity (Wildman–Crippen MR) is 122 cm³/mol. The lowest BCUT2D eigenvalue weighted by Gasteiger charge is -2.16. The number of hydrogen-bond donors (Lipinski definition) is 3. The van der Waals surface area contributed by atoms with Crippen molar-refractivity contribution in [2.24, 2.45) is 5.73 Å². The van der Waals surface area contributed by atoms with E-state index in [1.54, 1.807) is 5.41 Å². The Balaban J connectivity index is 0.000000250. The van der Waals surface area contributed by atoms with Gasteiger partial charge in [0.1, 0.15) is 0 Å². The highest BCUT2D eigenvalue weighted by molar-refractivity contribution is 8.00. The molecule has 0 saturated carbocycles. The van der Waals surface area contributed by atoms with Crippen molar-refractivity contribution >= 4 is 23.7 Å². The minimum atomic E-state index is -0.153. The molecule has 4 N–H and O–H groups in total. The van der Waals surface area contributed by atoms with Crippen molar-refractivity contribution in [3.05, 3.63) is 40.3 Å². The van der Waals surface area contributed by atoms with E-state index in [1.807, 2.05) is 0 Å². The molecule has 4 rings (SSSR count). The molecule has 1 saturated heterocycles. The highest BCUT2D eigenvalue weighted by Gasteiger charge is 2.24. The number of urea groups is 1. The summed E-state index contributed by atoms with van der Waals surface area (Å²) < 4.78 is 2.71. The molecule has 1 fully saturated rings. The molecule has 1 unspecified atom stereocenters. The number of hydrogen-bond acceptors (Lipinski definition) is 5. The Labute approximate surface area is 179 Å². The third kappa shape index (κ3) is 6.41. The zero-order chi connectivity index (χ0) is 21.2. The van der Waals surface area contributed by atoms with Crippen LogP contribution >= 0.6 is 11.9 Å². The van der Waals surface area contributed by atoms with Crippen LogP contribution in [-0.2, 0) is 25.7 Å². The van der Waals surface area contributed by atoms with Gasteiger partial charge in [-0.1, -0.05) is 12.6 Å². The summed E-state index contributed by atoms with van der Waals surface area (Å²) in [6, 6.07) is 3.06. The van der Waals surface area contributed by atoms with Crippen LogP contribution in [0.4, 0.5) is 10.5 Å². The molecule has 1 atom stereocenters. The number of rotatable bonds is 3. The van der Waals surface area contributed by atoms with E-state index in [0.29, 0.717) is 0 Å². The second-order valence-corrected chi connectivity index (χ2v) is 8.45. The van der Waals surface area contributed by atoms with Crippen molar-refractivity contribution < 1.29 is 4.79 Å². The zero-order valence-corrected chi connectivity index (χ0v) is 18.4. The topological polar surface area (TPSA) is 94.2 Å². The lowest BCUT2D eigenvalue weighted by Crippen LogP contribution is -2.23. The van der Waals surface area contributed by atoms with Crippen molar-refractivity contribution in [2.75, 3.05) is 18.9 Å². The fraction of sp³-hybridized carbons (Fsp3) is 0.545. The fourth-order valence-corrected chi connectivity index (χ4v) is 4.52. The van der Waals surface area contributed by atoms with Crippen LogP contribution in [0.3, 0.4) is 0 Å². The predicted octanol–water partition coefficient (Wildman–Crippen LogP) is 4.10. The van der Waals surface area contributed by atoms with Crippen LogP contribution in [0.25, 0.3) is 0 Å². The molecule has 2 aliphatic carbocycles. The smallest absolute Gasteiger partial charge is 0.329 e. The number of amides is 2. The van der Waals surface area contributed by atoms with Gasteiger partial charge in [-0.15, -0.1) is 0 Å². The van der Waals surface area contributed by atoms with E-state index in [-0.39, 0.29) is 6.03 Å². The van der Waals surface area contributed by atoms with Gasteiger partial charge in [0.25, 0.3) is 0 Å². The molecule has 7 heteroatoms. The number of nitrogens with zero attached hydrogens (tertiary/aromatic N) is 2. The van der Waals surface area contributed by atoms with E-state index in [0.717, 1.165) is 37.4 Å². The molecule has 3 aliphatic rings. The van der Waals surface area contributed by atoms with Gasteiger partial charge in [-0.3, -0.25) is 4.72 Å². The minimum Gasteiger partial charge on any atom is -0.337 e. The van der Waals surface area contributed by atoms with Gasteiger partial charge >= 0.3 is 6.03 Å². The van der Waals surface area contributed by atoms with E-state index >= 15 is 0 Å². The summed E-state index contributed by atoms with van der Waals surface area (Å²) in [5.74, 6) is 0. The van der Waals surface area contributed by atoms with Gasteiger partial charge in [0.2, 0.25) is 0 Å². The number of nitriles is 1. The SMILES string of the molecule is C=CSNC(=O)Nc1c2c(cc3c1CCC3)CCC2.CC1CCCN1C.N#CN. The van der Waals surface area contributed by atoms with Crippen LogP contribution < -0.4 is 15.8 Å². The number of nitrogens with two attached hydrogens (primary N) is 1. The Kier molecular flexibility index (Phi) is 9.36. The first-order valence-corrected chi connectivity index (χ1v) is 11.2. The standard InChI is InChI=1S/C15H18N2OS.C6H13N.CH2N2/c1-2-19-17-15(18)16-14-12-7-3-5-10(12)9-11-6-4-8-13(11)14;1-6-4-3-5-7(6)2;2-1-3/h2,9H,1,3-8H2,(H2,16,17,18);6H,3-5H2,1-2H3;2H2. The zero-order valence-electron chi connectivity index (χ0n) is 17.6. The monoisotopic (exact) mass is 415 g/mol. The van der Waals surface area contributed by atoms with E-state index in [9.17, 15) is 4.79 Å². The second kappa shape index (κ2) is 11.7. The Morgan fingerprint density at radius 1 is 1.28 bits per heavy atom. The van der Waals surface area contributed by atoms with Gasteiger partial charge in [0, 0.05) is 11.7 Å². The number of carbonyl (C=O) groups is 1. The van der Waals surface area contributed by atoms with Crippen LogP contribution in [-0.4, -0.2) is 30.6 Å². The minimum absolute atomic E-state index is 0.153. The summed E-state index contributed by atoms with van der Waals surface area (Å²) in [7, 11) is 2.19. The Bertz CT molecular complexity index is 718. The van der Waals surface area contributed by atoms with Gasteiger partial charge in [-0.25, -0.2) is 4.79 Å². The molecule has 0 aromatic heterocycles. The van der Waals surface area contributed by atoms with Gasteiger partial charge in [-0.2, -0.15) is 5.26 Å². The van der Waals surface area contributed by atoms with Crippen molar-refractivity contribution in [3.63, 3.8) is 0 Å². The molecule has 158 valence electrons. The van der Waals surface area contributed by atoms with Crippen LogP contribution in [0.1, 0.15) is 54.9 Å². The van der Waals surface area contributed by atoms with Gasteiger partial charge in [-0.05, 0) is 111 Å². The number of benzene rings is 1. The van der Waals surface area contributed by atoms with Crippen LogP contribution in [0.2, 0.25) is 0 Å². The van der Waals surface area contributed by atoms with Crippen LogP contribution in [0, 0.1) is 11.5 Å². The maximum atomic E-state index is 11.9. The van der Waals surface area contributed by atoms with E-state index in [4.69, 9.17) is 5.26 Å². The van der Waals surface area contributed by atoms with Crippen LogP contribution in [0.5, 0.6) is 0 Å². The first-order chi connectivity index (χ1) is 14.0. The number of carbonyl (C=O) groups excluding carboxylic acids is 1. The van der Waals surface area contributed by atoms with Gasteiger partial charge in [0.15, 0.2) is 6.19 Å². The molecule has 0 bridgehead atoms. The molecule has 0 radical (unpaired) electrons. The highest BCUT2D eigenvalue weighted by atomic mass is 32.2. The van der Waals surface area contributed by atoms with E-state index < -0.39 is 0 Å². The van der Waals surface area contributed by atoms with Crippen LogP contribution in [0.15, 0.2) is 18.1 Å². The van der Waals surface area contributed by atoms with Crippen molar-refractivity contribution in [1.82, 2.24) is 9.62 Å². The quantitative estimate of drug-likeness (QED) is 0.392. The summed E-state index contributed by atoms with van der Waals surface area (Å²) in [4.78, 5) is 14.3. The summed E-state index contributed by atoms with van der Waals surface area (Å²) >= 11 is 1.20. The van der Waals surface area contributed by atoms with E-state index in [2.05, 4.69) is 47.3 Å². The summed E-state index contributed by atoms with van der Waals surface area (Å²) in [6.45, 7) is 7.17. The molecule has 1 heterocycles. The Morgan fingerprint density at radius 3 is 2.28 bits per heavy atom. The fourth-order valence-electron chi connectivity index (χ4n) is 4.28. The van der Waals surface area contributed by atoms with E-state index in [1.165, 1.54) is 72.6 Å². The van der Waals surface area contributed by atoms with Crippen molar-refractivity contribution in [1.29, 1.82) is 5.26 Å². The number of anilines is 1. The average molecular weight is 416 g/mol. The van der Waals surface area contributed by atoms with Gasteiger partial charge in [0.05, 0.1) is 0 Å². The molecule has 1 aliphatic heterocycles. The Hall–Kier alpha value is -2.17. The third-order valence-corrected chi connectivity index (χ3v) is 6.30. The third-order valence-electron chi connectivity index (χ3n) is 5.83. The molecule has 0 spiro atoms. The second-order valence-electron chi connectivity index (χ2n) is 7.68. The normalized spacial score (nSPS) is 18.9. The summed E-state index contributed by atoms with van der Waals surface area (Å²) in [6.07, 6.45) is 10.9. The lowest BCUT2D eigenvalue weighted by atomic mass is 9.99. The lowest BCUT2D eigenvalue weighted by molar-refractivity contribution is 0.257. The first-order valence-electron chi connectivity index (χ1n) is 10.3. The number of nitrogens with one attached hydrogen (secondary N) is 2. The molecular formula is C22H33N5OS. The molecule has 1 aromatic rings. The highest BCUT2D eigenvalue weighted by Crippen LogP contribution is 2.38. The molecule has 6 nitrogen and oxygen atoms in total. The largest absolute Gasteiger partial charge is 0.337 e. The van der Waals surface area contributed by atoms with Crippen molar-refractivity contribution in [2.45, 2.75) is 64.3 Å². The first kappa shape index (κ1) is 23.1. The maximum absolute atomic E-state index is 11.9. The average Bonchev–Trinajstić information content (AvgIpc) is 3.43. The molecular weight excluding hydrogens is 382 g/mol. The maximum Gasteiger partial charge on any atom is 0.329 e. The molecule has 2 amide bonds. The molecule has 29 heavy (non-hydrogen) atoms. The van der Waals surface area contributed by atoms with Crippen molar-refractivity contribution in [3.8, 4) is 6.19 Å². The number of fused-ring (bicyclic) bond motifs is 2.